The minimum Gasteiger partial charge on any atom is -0.497 e. The molecule has 122 valence electrons. The summed E-state index contributed by atoms with van der Waals surface area (Å²) in [5, 5.41) is 9.75. The van der Waals surface area contributed by atoms with Gasteiger partial charge in [-0.3, -0.25) is 0 Å². The highest BCUT2D eigenvalue weighted by molar-refractivity contribution is 5.87. The summed E-state index contributed by atoms with van der Waals surface area (Å²) in [6.07, 6.45) is 0.762. The van der Waals surface area contributed by atoms with E-state index >= 15 is 0 Å². The molecular weight excluding hydrogens is 312 g/mol. The van der Waals surface area contributed by atoms with E-state index in [1.807, 2.05) is 36.4 Å². The largest absolute Gasteiger partial charge is 0.497 e. The van der Waals surface area contributed by atoms with Gasteiger partial charge in [0.2, 0.25) is 5.88 Å². The normalized spacial score (nSPS) is 11.4. The molecule has 1 aliphatic carbocycles. The lowest BCUT2D eigenvalue weighted by Crippen LogP contribution is -2.00. The summed E-state index contributed by atoms with van der Waals surface area (Å²) >= 11 is 0. The number of benzene rings is 2. The number of pyridine rings is 1. The molecular formula is C21H16N2O2. The number of fused-ring (bicyclic) bond motifs is 3. The van der Waals surface area contributed by atoms with Crippen LogP contribution in [0.15, 0.2) is 48.5 Å². The standard InChI is InChI=1S/C21H16N2O2/c1-24-15-9-7-13(8-10-15)19-17-11-14-5-3-4-6-16(14)20(17)23-21(25-2)18(19)12-22/h3-10H,11H2,1-2H3. The second-order valence-electron chi connectivity index (χ2n) is 5.87. The Hall–Kier alpha value is -3.32. The summed E-state index contributed by atoms with van der Waals surface area (Å²) in [4.78, 5) is 4.63. The molecule has 0 bridgehead atoms. The molecule has 1 heterocycles. The Bertz CT molecular complexity index is 1000. The molecule has 0 radical (unpaired) electrons. The van der Waals surface area contributed by atoms with Gasteiger partial charge in [-0.1, -0.05) is 36.4 Å². The van der Waals surface area contributed by atoms with E-state index in [1.165, 1.54) is 5.56 Å². The second kappa shape index (κ2) is 5.95. The van der Waals surface area contributed by atoms with Crippen LogP contribution in [-0.4, -0.2) is 19.2 Å². The Morgan fingerprint density at radius 1 is 1.00 bits per heavy atom. The van der Waals surface area contributed by atoms with Crippen LogP contribution in [-0.2, 0) is 6.42 Å². The molecule has 3 aromatic rings. The number of hydrogen-bond donors (Lipinski definition) is 0. The quantitative estimate of drug-likeness (QED) is 0.565. The predicted octanol–water partition coefficient (Wildman–Crippen LogP) is 4.21. The maximum Gasteiger partial charge on any atom is 0.232 e. The van der Waals surface area contributed by atoms with E-state index in [-0.39, 0.29) is 0 Å². The minimum absolute atomic E-state index is 0.365. The van der Waals surface area contributed by atoms with Crippen molar-refractivity contribution < 1.29 is 9.47 Å². The van der Waals surface area contributed by atoms with Crippen molar-refractivity contribution >= 4 is 0 Å². The molecule has 25 heavy (non-hydrogen) atoms. The Kier molecular flexibility index (Phi) is 3.62. The average molecular weight is 328 g/mol. The molecule has 4 rings (SSSR count). The first kappa shape index (κ1) is 15.2. The number of hydrogen-bond acceptors (Lipinski definition) is 4. The highest BCUT2D eigenvalue weighted by atomic mass is 16.5. The van der Waals surface area contributed by atoms with E-state index in [1.54, 1.807) is 14.2 Å². The lowest BCUT2D eigenvalue weighted by Gasteiger charge is -2.14. The fraction of sp³-hybridized carbons (Fsp3) is 0.143. The van der Waals surface area contributed by atoms with Gasteiger partial charge in [-0.2, -0.15) is 5.26 Å². The monoisotopic (exact) mass is 328 g/mol. The van der Waals surface area contributed by atoms with Gasteiger partial charge in [-0.25, -0.2) is 4.98 Å². The van der Waals surface area contributed by atoms with Crippen LogP contribution in [0.2, 0.25) is 0 Å². The molecule has 0 fully saturated rings. The van der Waals surface area contributed by atoms with Crippen LogP contribution in [0.25, 0.3) is 22.4 Å². The van der Waals surface area contributed by atoms with Gasteiger partial charge in [0.25, 0.3) is 0 Å². The number of rotatable bonds is 3. The van der Waals surface area contributed by atoms with Crippen LogP contribution in [0.4, 0.5) is 0 Å². The fourth-order valence-electron chi connectivity index (χ4n) is 3.42. The third-order valence-corrected chi connectivity index (χ3v) is 4.59. The van der Waals surface area contributed by atoms with Crippen LogP contribution in [0, 0.1) is 11.3 Å². The van der Waals surface area contributed by atoms with Crippen molar-refractivity contribution in [1.29, 1.82) is 5.26 Å². The molecule has 4 nitrogen and oxygen atoms in total. The number of nitriles is 1. The van der Waals surface area contributed by atoms with Gasteiger partial charge in [0, 0.05) is 17.5 Å². The minimum atomic E-state index is 0.365. The van der Waals surface area contributed by atoms with Gasteiger partial charge in [-0.15, -0.1) is 0 Å². The van der Waals surface area contributed by atoms with Crippen molar-refractivity contribution in [2.24, 2.45) is 0 Å². The zero-order chi connectivity index (χ0) is 17.4. The van der Waals surface area contributed by atoms with E-state index in [0.717, 1.165) is 40.1 Å². The maximum absolute atomic E-state index is 9.75. The van der Waals surface area contributed by atoms with Crippen molar-refractivity contribution in [3.63, 3.8) is 0 Å². The van der Waals surface area contributed by atoms with Gasteiger partial charge in [0.15, 0.2) is 0 Å². The third-order valence-electron chi connectivity index (χ3n) is 4.59. The summed E-state index contributed by atoms with van der Waals surface area (Å²) in [5.74, 6) is 1.15. The van der Waals surface area contributed by atoms with Crippen molar-refractivity contribution in [2.75, 3.05) is 14.2 Å². The highest BCUT2D eigenvalue weighted by Gasteiger charge is 2.28. The molecule has 0 saturated carbocycles. The van der Waals surface area contributed by atoms with Crippen LogP contribution < -0.4 is 9.47 Å². The summed E-state index contributed by atoms with van der Waals surface area (Å²) in [7, 11) is 3.19. The predicted molar refractivity (Wildman–Crippen MR) is 95.7 cm³/mol. The van der Waals surface area contributed by atoms with E-state index in [0.29, 0.717) is 11.4 Å². The molecule has 0 saturated heterocycles. The van der Waals surface area contributed by atoms with Gasteiger partial charge >= 0.3 is 0 Å². The Labute approximate surface area is 146 Å². The molecule has 4 heteroatoms. The molecule has 0 amide bonds. The first-order valence-corrected chi connectivity index (χ1v) is 8.00. The molecule has 0 N–H and O–H groups in total. The van der Waals surface area contributed by atoms with Gasteiger partial charge < -0.3 is 9.47 Å². The molecule has 0 unspecified atom stereocenters. The number of ether oxygens (including phenoxy) is 2. The Balaban J connectivity index is 2.01. The lowest BCUT2D eigenvalue weighted by atomic mass is 9.94. The molecule has 1 aromatic heterocycles. The average Bonchev–Trinajstić information content (AvgIpc) is 3.04. The van der Waals surface area contributed by atoms with Crippen LogP contribution in [0.5, 0.6) is 11.6 Å². The number of methoxy groups -OCH3 is 2. The van der Waals surface area contributed by atoms with Crippen molar-refractivity contribution in [3.05, 3.63) is 65.2 Å². The maximum atomic E-state index is 9.75. The summed E-state index contributed by atoms with van der Waals surface area (Å²) < 4.78 is 10.7. The van der Waals surface area contributed by atoms with E-state index in [9.17, 15) is 5.26 Å². The highest BCUT2D eigenvalue weighted by Crippen LogP contribution is 2.44. The number of nitrogens with zero attached hydrogens (tertiary/aromatic N) is 2. The van der Waals surface area contributed by atoms with E-state index in [4.69, 9.17) is 9.47 Å². The van der Waals surface area contributed by atoms with Crippen LogP contribution in [0.3, 0.4) is 0 Å². The van der Waals surface area contributed by atoms with Gasteiger partial charge in [0.05, 0.1) is 19.9 Å². The molecule has 0 aliphatic heterocycles. The van der Waals surface area contributed by atoms with E-state index in [2.05, 4.69) is 23.2 Å². The van der Waals surface area contributed by atoms with Crippen molar-refractivity contribution in [3.8, 4) is 40.1 Å². The summed E-state index contributed by atoms with van der Waals surface area (Å²) in [6, 6.07) is 18.2. The van der Waals surface area contributed by atoms with Crippen LogP contribution in [0.1, 0.15) is 16.7 Å². The summed E-state index contributed by atoms with van der Waals surface area (Å²) in [6.45, 7) is 0. The molecule has 1 aliphatic rings. The van der Waals surface area contributed by atoms with Gasteiger partial charge in [-0.05, 0) is 28.8 Å². The third kappa shape index (κ3) is 2.33. The van der Waals surface area contributed by atoms with Gasteiger partial charge in [0.1, 0.15) is 17.4 Å². The fourth-order valence-corrected chi connectivity index (χ4v) is 3.42. The Morgan fingerprint density at radius 3 is 2.44 bits per heavy atom. The topological polar surface area (TPSA) is 55.1 Å². The van der Waals surface area contributed by atoms with Crippen molar-refractivity contribution in [2.45, 2.75) is 6.42 Å². The second-order valence-corrected chi connectivity index (χ2v) is 5.87. The van der Waals surface area contributed by atoms with Crippen LogP contribution >= 0.6 is 0 Å². The summed E-state index contributed by atoms with van der Waals surface area (Å²) in [5.41, 5.74) is 6.62. The zero-order valence-corrected chi connectivity index (χ0v) is 14.0. The zero-order valence-electron chi connectivity index (χ0n) is 14.0. The molecule has 0 spiro atoms. The SMILES string of the molecule is COc1ccc(-c2c(C#N)c(OC)nc3c2Cc2ccccc2-3)cc1. The lowest BCUT2D eigenvalue weighted by molar-refractivity contribution is 0.397. The van der Waals surface area contributed by atoms with E-state index < -0.39 is 0 Å². The first-order chi connectivity index (χ1) is 12.3. The smallest absolute Gasteiger partial charge is 0.232 e. The van der Waals surface area contributed by atoms with Crippen molar-refractivity contribution in [1.82, 2.24) is 4.98 Å². The number of aromatic nitrogens is 1. The first-order valence-electron chi connectivity index (χ1n) is 8.00. The Morgan fingerprint density at radius 2 is 1.76 bits per heavy atom. The molecule has 0 atom stereocenters. The molecule has 2 aromatic carbocycles.